The fraction of sp³-hybridized carbons (Fsp3) is 0.526. The lowest BCUT2D eigenvalue weighted by Gasteiger charge is -2.26. The van der Waals surface area contributed by atoms with Gasteiger partial charge in [0, 0.05) is 19.6 Å². The summed E-state index contributed by atoms with van der Waals surface area (Å²) in [6.07, 6.45) is 1.83. The first-order valence-corrected chi connectivity index (χ1v) is 13.0. The van der Waals surface area contributed by atoms with E-state index in [4.69, 9.17) is 9.26 Å². The second-order valence-corrected chi connectivity index (χ2v) is 10.8. The van der Waals surface area contributed by atoms with Gasteiger partial charge in [-0.1, -0.05) is 18.5 Å². The van der Waals surface area contributed by atoms with Crippen molar-refractivity contribution < 1.29 is 26.1 Å². The van der Waals surface area contributed by atoms with E-state index >= 15 is 0 Å². The van der Waals surface area contributed by atoms with Gasteiger partial charge in [-0.3, -0.25) is 4.72 Å². The topological polar surface area (TPSA) is 131 Å². The van der Waals surface area contributed by atoms with Gasteiger partial charge in [0.2, 0.25) is 10.0 Å². The molecule has 0 aliphatic carbocycles. The van der Waals surface area contributed by atoms with Gasteiger partial charge in [-0.05, 0) is 38.5 Å². The molecule has 0 unspecified atom stereocenters. The second kappa shape index (κ2) is 9.55. The number of rotatable bonds is 9. The first-order valence-electron chi connectivity index (χ1n) is 10.1. The second-order valence-electron chi connectivity index (χ2n) is 7.26. The number of nitrogens with zero attached hydrogens (tertiary/aromatic N) is 2. The quantitative estimate of drug-likeness (QED) is 0.532. The van der Waals surface area contributed by atoms with Gasteiger partial charge in [-0.25, -0.2) is 16.8 Å². The van der Waals surface area contributed by atoms with Gasteiger partial charge in [0.15, 0.2) is 10.7 Å². The van der Waals surface area contributed by atoms with Crippen LogP contribution in [0.3, 0.4) is 0 Å². The molecule has 0 atom stereocenters. The van der Waals surface area contributed by atoms with Crippen LogP contribution in [0.1, 0.15) is 31.2 Å². The van der Waals surface area contributed by atoms with Gasteiger partial charge in [0.25, 0.3) is 10.0 Å². The molecule has 12 heteroatoms. The highest BCUT2D eigenvalue weighted by atomic mass is 32.2. The average Bonchev–Trinajstić information content (AvgIpc) is 3.08. The zero-order valence-corrected chi connectivity index (χ0v) is 19.5. The number of hydrogen-bond acceptors (Lipinski definition) is 8. The molecule has 10 nitrogen and oxygen atoms in total. The molecule has 3 rings (SSSR count). The zero-order chi connectivity index (χ0) is 22.6. The first-order chi connectivity index (χ1) is 14.7. The van der Waals surface area contributed by atoms with Gasteiger partial charge in [-0.15, -0.1) is 0 Å². The van der Waals surface area contributed by atoms with E-state index in [2.05, 4.69) is 15.2 Å². The minimum Gasteiger partial charge on any atom is -0.383 e. The molecule has 0 radical (unpaired) electrons. The molecular formula is C19H28N4O6S2. The summed E-state index contributed by atoms with van der Waals surface area (Å²) >= 11 is 0. The Balaban J connectivity index is 2.00. The SMILES string of the molecule is CCCCNc1ccc(S(=O)(=O)N2CCOCC2)cc1NS(=O)(=O)c1c(C)noc1C. The van der Waals surface area contributed by atoms with Crippen LogP contribution < -0.4 is 10.0 Å². The lowest BCUT2D eigenvalue weighted by molar-refractivity contribution is 0.0730. The van der Waals surface area contributed by atoms with E-state index in [1.807, 2.05) is 6.92 Å². The van der Waals surface area contributed by atoms with Gasteiger partial charge in [0.05, 0.1) is 29.5 Å². The van der Waals surface area contributed by atoms with Crippen LogP contribution in [0.5, 0.6) is 0 Å². The molecule has 1 aliphatic rings. The summed E-state index contributed by atoms with van der Waals surface area (Å²) in [7, 11) is -7.84. The third kappa shape index (κ3) is 5.20. The number of sulfonamides is 2. The highest BCUT2D eigenvalue weighted by molar-refractivity contribution is 7.92. The molecule has 1 fully saturated rings. The highest BCUT2D eigenvalue weighted by Gasteiger charge is 2.29. The van der Waals surface area contributed by atoms with E-state index in [0.717, 1.165) is 12.8 Å². The molecule has 0 spiro atoms. The zero-order valence-electron chi connectivity index (χ0n) is 17.8. The van der Waals surface area contributed by atoms with Crippen molar-refractivity contribution in [2.75, 3.05) is 42.9 Å². The monoisotopic (exact) mass is 472 g/mol. The number of aromatic nitrogens is 1. The van der Waals surface area contributed by atoms with Gasteiger partial charge in [-0.2, -0.15) is 4.31 Å². The molecule has 2 heterocycles. The summed E-state index contributed by atoms with van der Waals surface area (Å²) in [6, 6.07) is 4.40. The van der Waals surface area contributed by atoms with E-state index in [9.17, 15) is 16.8 Å². The summed E-state index contributed by atoms with van der Waals surface area (Å²) < 4.78 is 66.3. The lowest BCUT2D eigenvalue weighted by Crippen LogP contribution is -2.40. The van der Waals surface area contributed by atoms with Crippen LogP contribution in [-0.2, 0) is 24.8 Å². The first kappa shape index (κ1) is 23.5. The summed E-state index contributed by atoms with van der Waals surface area (Å²) in [4.78, 5) is -0.0552. The summed E-state index contributed by atoms with van der Waals surface area (Å²) in [5.41, 5.74) is 0.859. The molecule has 1 aliphatic heterocycles. The maximum atomic E-state index is 13.1. The largest absolute Gasteiger partial charge is 0.383 e. The molecule has 0 amide bonds. The third-order valence-electron chi connectivity index (χ3n) is 4.93. The number of aryl methyl sites for hydroxylation is 2. The van der Waals surface area contributed by atoms with E-state index in [0.29, 0.717) is 25.4 Å². The highest BCUT2D eigenvalue weighted by Crippen LogP contribution is 2.31. The molecule has 31 heavy (non-hydrogen) atoms. The van der Waals surface area contributed by atoms with Gasteiger partial charge < -0.3 is 14.6 Å². The van der Waals surface area contributed by atoms with Crippen LogP contribution >= 0.6 is 0 Å². The predicted molar refractivity (Wildman–Crippen MR) is 116 cm³/mol. The van der Waals surface area contributed by atoms with Crippen LogP contribution in [0.4, 0.5) is 11.4 Å². The number of ether oxygens (including phenoxy) is 1. The number of benzene rings is 1. The smallest absolute Gasteiger partial charge is 0.267 e. The number of unbranched alkanes of at least 4 members (excludes halogenated alkanes) is 1. The fourth-order valence-electron chi connectivity index (χ4n) is 3.31. The van der Waals surface area contributed by atoms with Crippen LogP contribution in [0, 0.1) is 13.8 Å². The van der Waals surface area contributed by atoms with Crippen LogP contribution in [0.2, 0.25) is 0 Å². The van der Waals surface area contributed by atoms with Crippen molar-refractivity contribution in [1.29, 1.82) is 0 Å². The van der Waals surface area contributed by atoms with Crippen LogP contribution in [0.25, 0.3) is 0 Å². The predicted octanol–water partition coefficient (Wildman–Crippen LogP) is 2.33. The van der Waals surface area contributed by atoms with Crippen molar-refractivity contribution >= 4 is 31.4 Å². The number of anilines is 2. The maximum Gasteiger partial charge on any atom is 0.267 e. The van der Waals surface area contributed by atoms with Crippen molar-refractivity contribution in [3.8, 4) is 0 Å². The number of morpholine rings is 1. The molecule has 1 aromatic heterocycles. The standard InChI is InChI=1S/C19H28N4O6S2/c1-4-5-8-20-17-7-6-16(31(26,27)23-9-11-28-12-10-23)13-18(17)22-30(24,25)19-14(2)21-29-15(19)3/h6-7,13,20,22H,4-5,8-12H2,1-3H3. The van der Waals surface area contributed by atoms with E-state index in [1.165, 1.54) is 30.3 Å². The summed E-state index contributed by atoms with van der Waals surface area (Å²) in [5.74, 6) is 0.155. The fourth-order valence-corrected chi connectivity index (χ4v) is 6.15. The van der Waals surface area contributed by atoms with Crippen molar-refractivity contribution in [3.05, 3.63) is 29.7 Å². The van der Waals surface area contributed by atoms with Crippen LogP contribution in [0.15, 0.2) is 32.5 Å². The lowest BCUT2D eigenvalue weighted by atomic mass is 10.2. The van der Waals surface area contributed by atoms with Crippen molar-refractivity contribution in [3.63, 3.8) is 0 Å². The molecule has 0 bridgehead atoms. The molecule has 0 saturated carbocycles. The molecule has 1 saturated heterocycles. The number of hydrogen-bond donors (Lipinski definition) is 2. The normalized spacial score (nSPS) is 15.7. The van der Waals surface area contributed by atoms with Gasteiger partial charge >= 0.3 is 0 Å². The average molecular weight is 473 g/mol. The maximum absolute atomic E-state index is 13.1. The van der Waals surface area contributed by atoms with Crippen molar-refractivity contribution in [2.45, 2.75) is 43.4 Å². The van der Waals surface area contributed by atoms with Crippen molar-refractivity contribution in [2.24, 2.45) is 0 Å². The summed E-state index contributed by atoms with van der Waals surface area (Å²) in [5, 5.41) is 6.88. The Labute approximate surface area is 183 Å². The Hall–Kier alpha value is -2.15. The summed E-state index contributed by atoms with van der Waals surface area (Å²) in [6.45, 7) is 6.84. The molecular weight excluding hydrogens is 444 g/mol. The Morgan fingerprint density at radius 1 is 1.10 bits per heavy atom. The Morgan fingerprint density at radius 2 is 1.81 bits per heavy atom. The molecule has 2 N–H and O–H groups in total. The van der Waals surface area contributed by atoms with Crippen LogP contribution in [-0.4, -0.2) is 59.1 Å². The Morgan fingerprint density at radius 3 is 2.42 bits per heavy atom. The number of nitrogens with one attached hydrogen (secondary N) is 2. The van der Waals surface area contributed by atoms with E-state index in [-0.39, 0.29) is 40.0 Å². The van der Waals surface area contributed by atoms with E-state index < -0.39 is 20.0 Å². The van der Waals surface area contributed by atoms with Gasteiger partial charge in [0.1, 0.15) is 5.69 Å². The Kier molecular flexibility index (Phi) is 7.24. The molecule has 2 aromatic rings. The molecule has 1 aromatic carbocycles. The minimum atomic E-state index is -4.05. The minimum absolute atomic E-state index is 0.00639. The van der Waals surface area contributed by atoms with E-state index in [1.54, 1.807) is 6.07 Å². The van der Waals surface area contributed by atoms with Crippen molar-refractivity contribution in [1.82, 2.24) is 9.46 Å². The third-order valence-corrected chi connectivity index (χ3v) is 8.43. The Bertz CT molecular complexity index is 1100. The molecule has 172 valence electrons.